The summed E-state index contributed by atoms with van der Waals surface area (Å²) in [5, 5.41) is 0. The van der Waals surface area contributed by atoms with Crippen LogP contribution < -0.4 is 0 Å². The van der Waals surface area contributed by atoms with Crippen molar-refractivity contribution < 1.29 is 59.8 Å². The van der Waals surface area contributed by atoms with Gasteiger partial charge in [0.1, 0.15) is 0 Å². The molecule has 2 radical (unpaired) electrons. The third-order valence-electron chi connectivity index (χ3n) is 0. The van der Waals surface area contributed by atoms with Crippen LogP contribution in [0.3, 0.4) is 0 Å². The van der Waals surface area contributed by atoms with Crippen molar-refractivity contribution in [2.45, 2.75) is 0 Å². The van der Waals surface area contributed by atoms with Crippen molar-refractivity contribution >= 4 is 18.9 Å². The Kier molecular flexibility index (Phi) is 141. The van der Waals surface area contributed by atoms with Crippen LogP contribution in [0.1, 0.15) is 0 Å². The summed E-state index contributed by atoms with van der Waals surface area (Å²) < 4.78 is 0. The second kappa shape index (κ2) is 17.8. The fourth-order valence-corrected chi connectivity index (χ4v) is 0. The predicted octanol–water partition coefficient (Wildman–Crippen LogP) is -0.388. The SMILES string of the molecule is [Li].[Mn].[Ni].[Zr]. The van der Waals surface area contributed by atoms with Gasteiger partial charge in [-0.15, -0.1) is 0 Å². The minimum atomic E-state index is 0. The van der Waals surface area contributed by atoms with E-state index in [1.54, 1.807) is 0 Å². The van der Waals surface area contributed by atoms with Crippen LogP contribution in [-0.2, 0) is 59.8 Å². The van der Waals surface area contributed by atoms with Gasteiger partial charge in [0.15, 0.2) is 0 Å². The molecule has 0 heterocycles. The summed E-state index contributed by atoms with van der Waals surface area (Å²) in [6.45, 7) is 0. The summed E-state index contributed by atoms with van der Waals surface area (Å²) in [6.07, 6.45) is 0. The van der Waals surface area contributed by atoms with Crippen molar-refractivity contribution in [2.24, 2.45) is 0 Å². The zero-order valence-corrected chi connectivity index (χ0v) is 6.82. The molecule has 4 heavy (non-hydrogen) atoms. The van der Waals surface area contributed by atoms with E-state index in [0.717, 1.165) is 0 Å². The third kappa shape index (κ3) is 8.82. The van der Waals surface area contributed by atoms with Gasteiger partial charge in [0.05, 0.1) is 0 Å². The molecular weight excluding hydrogens is 212 g/mol. The molecule has 22 valence electrons. The van der Waals surface area contributed by atoms with E-state index in [4.69, 9.17) is 0 Å². The van der Waals surface area contributed by atoms with Gasteiger partial charge in [0.2, 0.25) is 0 Å². The van der Waals surface area contributed by atoms with Gasteiger partial charge in [0, 0.05) is 78.6 Å². The van der Waals surface area contributed by atoms with Crippen molar-refractivity contribution in [2.75, 3.05) is 0 Å². The van der Waals surface area contributed by atoms with Crippen LogP contribution in [0.4, 0.5) is 0 Å². The predicted molar refractivity (Wildman–Crippen MR) is 5.75 cm³/mol. The maximum atomic E-state index is 0. The van der Waals surface area contributed by atoms with Crippen LogP contribution in [0, 0.1) is 0 Å². The topological polar surface area (TPSA) is 0 Å². The first-order valence-corrected chi connectivity index (χ1v) is 0. The van der Waals surface area contributed by atoms with E-state index in [-0.39, 0.29) is 78.6 Å². The number of rotatable bonds is 0. The summed E-state index contributed by atoms with van der Waals surface area (Å²) in [4.78, 5) is 0. The Hall–Kier alpha value is 2.49. The van der Waals surface area contributed by atoms with Crippen molar-refractivity contribution in [3.05, 3.63) is 0 Å². The number of hydrogen-bond donors (Lipinski definition) is 0. The maximum Gasteiger partial charge on any atom is 0 e. The van der Waals surface area contributed by atoms with Crippen molar-refractivity contribution in [3.8, 4) is 0 Å². The molecule has 0 amide bonds. The minimum absolute atomic E-state index is 0. The van der Waals surface area contributed by atoms with E-state index in [1.165, 1.54) is 0 Å². The molecule has 0 aromatic rings. The average molecular weight is 212 g/mol. The zero-order valence-electron chi connectivity index (χ0n) is 2.19. The molecule has 0 aliphatic carbocycles. The van der Waals surface area contributed by atoms with Gasteiger partial charge >= 0.3 is 0 Å². The molecule has 0 nitrogen and oxygen atoms in total. The number of hydrogen-bond acceptors (Lipinski definition) is 0. The summed E-state index contributed by atoms with van der Waals surface area (Å²) >= 11 is 0. The second-order valence-electron chi connectivity index (χ2n) is 0. The standard InChI is InChI=1S/Li.Mn.Ni.Zr. The molecule has 0 aromatic carbocycles. The van der Waals surface area contributed by atoms with E-state index in [1.807, 2.05) is 0 Å². The molecule has 0 N–H and O–H groups in total. The van der Waals surface area contributed by atoms with Gasteiger partial charge in [0.25, 0.3) is 0 Å². The molecule has 0 spiro atoms. The van der Waals surface area contributed by atoms with Crippen molar-refractivity contribution in [3.63, 3.8) is 0 Å². The van der Waals surface area contributed by atoms with E-state index in [2.05, 4.69) is 0 Å². The molecule has 0 atom stereocenters. The molecule has 0 fully saturated rings. The molecule has 0 aromatic heterocycles. The molecule has 0 aliphatic heterocycles. The van der Waals surface area contributed by atoms with Crippen LogP contribution in [0.25, 0.3) is 0 Å². The Morgan fingerprint density at radius 2 is 1.00 bits per heavy atom. The second-order valence-corrected chi connectivity index (χ2v) is 0. The van der Waals surface area contributed by atoms with Crippen molar-refractivity contribution in [1.29, 1.82) is 0 Å². The van der Waals surface area contributed by atoms with Crippen LogP contribution in [0.15, 0.2) is 0 Å². The molecule has 0 aliphatic rings. The first-order chi connectivity index (χ1) is 0. The first-order valence-electron chi connectivity index (χ1n) is 0. The Morgan fingerprint density at radius 3 is 1.00 bits per heavy atom. The minimum Gasteiger partial charge on any atom is 0 e. The average Bonchev–Trinajstić information content (AvgIpc) is 0. The first kappa shape index (κ1) is 31.5. The maximum absolute atomic E-state index is 0. The van der Waals surface area contributed by atoms with Crippen molar-refractivity contribution in [1.82, 2.24) is 0 Å². The normalized spacial score (nSPS) is 0. The van der Waals surface area contributed by atoms with Gasteiger partial charge < -0.3 is 0 Å². The molecular formula is LiMnNiZr. The summed E-state index contributed by atoms with van der Waals surface area (Å²) in [6, 6.07) is 0. The van der Waals surface area contributed by atoms with Crippen LogP contribution >= 0.6 is 0 Å². The Balaban J connectivity index is 0. The molecule has 0 saturated carbocycles. The zero-order chi connectivity index (χ0) is 0. The summed E-state index contributed by atoms with van der Waals surface area (Å²) in [7, 11) is 0. The van der Waals surface area contributed by atoms with E-state index in [0.29, 0.717) is 0 Å². The fraction of sp³-hybridized carbons (Fsp3) is 0. The molecule has 0 unspecified atom stereocenters. The molecule has 0 saturated heterocycles. The van der Waals surface area contributed by atoms with Gasteiger partial charge in [-0.3, -0.25) is 0 Å². The van der Waals surface area contributed by atoms with E-state index in [9.17, 15) is 0 Å². The smallest absolute Gasteiger partial charge is 0 e. The van der Waals surface area contributed by atoms with Gasteiger partial charge in [-0.05, 0) is 0 Å². The Labute approximate surface area is 77.6 Å². The van der Waals surface area contributed by atoms with Crippen LogP contribution in [0.2, 0.25) is 0 Å². The van der Waals surface area contributed by atoms with Crippen LogP contribution in [0.5, 0.6) is 0 Å². The third-order valence-corrected chi connectivity index (χ3v) is 0. The quantitative estimate of drug-likeness (QED) is 0.479. The summed E-state index contributed by atoms with van der Waals surface area (Å²) in [5.41, 5.74) is 0. The monoisotopic (exact) mass is 210 g/mol. The van der Waals surface area contributed by atoms with Crippen LogP contribution in [-0.4, -0.2) is 18.9 Å². The van der Waals surface area contributed by atoms with Gasteiger partial charge in [-0.2, -0.15) is 0 Å². The van der Waals surface area contributed by atoms with E-state index >= 15 is 0 Å². The fourth-order valence-electron chi connectivity index (χ4n) is 0. The molecule has 0 bridgehead atoms. The van der Waals surface area contributed by atoms with E-state index < -0.39 is 0 Å². The summed E-state index contributed by atoms with van der Waals surface area (Å²) in [5.74, 6) is 0. The Bertz CT molecular complexity index is 8.00. The molecule has 0 rings (SSSR count). The molecule has 4 heteroatoms. The Morgan fingerprint density at radius 1 is 1.00 bits per heavy atom. The largest absolute Gasteiger partial charge is 0 e. The van der Waals surface area contributed by atoms with Gasteiger partial charge in [-0.25, -0.2) is 0 Å². The van der Waals surface area contributed by atoms with Gasteiger partial charge in [-0.1, -0.05) is 0 Å².